The van der Waals surface area contributed by atoms with Crippen molar-refractivity contribution >= 4 is 49.6 Å². The predicted octanol–water partition coefficient (Wildman–Crippen LogP) is 4.89. The Labute approximate surface area is 203 Å². The van der Waals surface area contributed by atoms with Crippen LogP contribution < -0.4 is 4.90 Å². The molecule has 2 aliphatic heterocycles. The first-order chi connectivity index (χ1) is 16.7. The Balaban J connectivity index is 1.04. The number of hydrogen-bond acceptors (Lipinski definition) is 5. The van der Waals surface area contributed by atoms with E-state index in [1.807, 2.05) is 17.0 Å². The second-order valence-electron chi connectivity index (χ2n) is 9.09. The molecule has 4 aromatic rings. The molecule has 0 unspecified atom stereocenters. The fraction of sp³-hybridized carbons (Fsp3) is 0.286. The first-order valence-electron chi connectivity index (χ1n) is 12.0. The highest BCUT2D eigenvalue weighted by Gasteiger charge is 2.24. The minimum absolute atomic E-state index is 0.238. The lowest BCUT2D eigenvalue weighted by Crippen LogP contribution is -2.50. The number of benzene rings is 2. The van der Waals surface area contributed by atoms with E-state index in [1.165, 1.54) is 26.6 Å². The number of amides is 1. The number of anilines is 1. The van der Waals surface area contributed by atoms with Crippen LogP contribution in [0.3, 0.4) is 0 Å². The molecular formula is C28H28N4OS. The summed E-state index contributed by atoms with van der Waals surface area (Å²) in [6, 6.07) is 21.2. The van der Waals surface area contributed by atoms with Crippen molar-refractivity contribution in [2.75, 3.05) is 50.7 Å². The number of fused-ring (bicyclic) bond motifs is 2. The van der Waals surface area contributed by atoms with Crippen molar-refractivity contribution in [1.82, 2.24) is 14.8 Å². The van der Waals surface area contributed by atoms with E-state index in [1.54, 1.807) is 11.3 Å². The van der Waals surface area contributed by atoms with Crippen LogP contribution in [0.1, 0.15) is 12.0 Å². The van der Waals surface area contributed by atoms with Gasteiger partial charge < -0.3 is 9.80 Å². The maximum absolute atomic E-state index is 13.0. The zero-order chi connectivity index (χ0) is 22.9. The molecule has 1 saturated heterocycles. The van der Waals surface area contributed by atoms with Crippen LogP contribution in [0.5, 0.6) is 0 Å². The molecule has 2 aliphatic rings. The number of carbonyl (C=O) groups is 1. The van der Waals surface area contributed by atoms with Gasteiger partial charge in [0.05, 0.1) is 12.1 Å². The Kier molecular flexibility index (Phi) is 5.77. The highest BCUT2D eigenvalue weighted by molar-refractivity contribution is 7.17. The van der Waals surface area contributed by atoms with Crippen molar-refractivity contribution in [3.8, 4) is 0 Å². The third-order valence-electron chi connectivity index (χ3n) is 7.03. The molecule has 34 heavy (non-hydrogen) atoms. The highest BCUT2D eigenvalue weighted by Crippen LogP contribution is 2.32. The number of rotatable bonds is 4. The van der Waals surface area contributed by atoms with Gasteiger partial charge in [-0.15, -0.1) is 11.3 Å². The lowest BCUT2D eigenvalue weighted by Gasteiger charge is -2.36. The van der Waals surface area contributed by atoms with Gasteiger partial charge in [0.25, 0.3) is 0 Å². The molecule has 0 atom stereocenters. The van der Waals surface area contributed by atoms with Crippen LogP contribution >= 0.6 is 11.3 Å². The number of para-hydroxylation sites is 1. The first kappa shape index (κ1) is 21.3. The van der Waals surface area contributed by atoms with E-state index in [9.17, 15) is 4.79 Å². The van der Waals surface area contributed by atoms with E-state index >= 15 is 0 Å². The molecule has 2 aromatic carbocycles. The standard InChI is InChI=1S/C28H28N4OS/c33-27(32-13-10-21(11-14-32)24-6-3-5-23-12-19-34-28(23)24)20-30-15-17-31(18-16-30)26-9-8-22-4-1-2-7-25(22)29-26/h1-10,12,19H,11,13-18,20H2. The fourth-order valence-electron chi connectivity index (χ4n) is 5.04. The zero-order valence-corrected chi connectivity index (χ0v) is 20.0. The average molecular weight is 469 g/mol. The van der Waals surface area contributed by atoms with Crippen molar-refractivity contribution in [2.45, 2.75) is 6.42 Å². The summed E-state index contributed by atoms with van der Waals surface area (Å²) in [5.74, 6) is 1.26. The zero-order valence-electron chi connectivity index (χ0n) is 19.2. The SMILES string of the molecule is O=C(CN1CCN(c2ccc3ccccc3n2)CC1)N1CC=C(c2cccc3ccsc23)CC1. The number of thiophene rings is 1. The second kappa shape index (κ2) is 9.20. The Morgan fingerprint density at radius 3 is 2.59 bits per heavy atom. The number of hydrogen-bond donors (Lipinski definition) is 0. The number of pyridine rings is 1. The summed E-state index contributed by atoms with van der Waals surface area (Å²) in [5.41, 5.74) is 3.73. The minimum Gasteiger partial charge on any atom is -0.354 e. The molecule has 0 saturated carbocycles. The molecule has 4 heterocycles. The molecule has 1 amide bonds. The fourth-order valence-corrected chi connectivity index (χ4v) is 5.99. The molecule has 6 rings (SSSR count). The van der Waals surface area contributed by atoms with Crippen molar-refractivity contribution in [2.24, 2.45) is 0 Å². The van der Waals surface area contributed by atoms with Crippen LogP contribution in [0.2, 0.25) is 0 Å². The van der Waals surface area contributed by atoms with Gasteiger partial charge in [-0.25, -0.2) is 4.98 Å². The molecule has 5 nitrogen and oxygen atoms in total. The Morgan fingerprint density at radius 1 is 0.882 bits per heavy atom. The highest BCUT2D eigenvalue weighted by atomic mass is 32.1. The largest absolute Gasteiger partial charge is 0.354 e. The van der Waals surface area contributed by atoms with Crippen LogP contribution in [0.25, 0.3) is 26.6 Å². The van der Waals surface area contributed by atoms with E-state index in [2.05, 4.69) is 69.8 Å². The van der Waals surface area contributed by atoms with Crippen LogP contribution in [0.15, 0.2) is 72.1 Å². The molecule has 0 bridgehead atoms. The smallest absolute Gasteiger partial charge is 0.237 e. The maximum atomic E-state index is 13.0. The summed E-state index contributed by atoms with van der Waals surface area (Å²) in [6.07, 6.45) is 3.17. The molecule has 172 valence electrons. The lowest BCUT2D eigenvalue weighted by atomic mass is 9.98. The molecule has 0 radical (unpaired) electrons. The van der Waals surface area contributed by atoms with E-state index in [0.717, 1.165) is 50.5 Å². The Hall–Kier alpha value is -3.22. The van der Waals surface area contributed by atoms with Gasteiger partial charge in [-0.1, -0.05) is 42.5 Å². The van der Waals surface area contributed by atoms with Gasteiger partial charge in [0, 0.05) is 49.4 Å². The third-order valence-corrected chi connectivity index (χ3v) is 7.99. The quantitative estimate of drug-likeness (QED) is 0.428. The number of nitrogens with zero attached hydrogens (tertiary/aromatic N) is 4. The molecule has 0 aliphatic carbocycles. The summed E-state index contributed by atoms with van der Waals surface area (Å²) in [5, 5.41) is 4.63. The van der Waals surface area contributed by atoms with E-state index in [0.29, 0.717) is 13.1 Å². The molecular weight excluding hydrogens is 440 g/mol. The summed E-state index contributed by atoms with van der Waals surface area (Å²) in [7, 11) is 0. The van der Waals surface area contributed by atoms with Gasteiger partial charge in [0.15, 0.2) is 0 Å². The van der Waals surface area contributed by atoms with Gasteiger partial charge >= 0.3 is 0 Å². The summed E-state index contributed by atoms with van der Waals surface area (Å²) < 4.78 is 1.35. The van der Waals surface area contributed by atoms with Crippen molar-refractivity contribution < 1.29 is 4.79 Å². The Bertz CT molecular complexity index is 1370. The van der Waals surface area contributed by atoms with E-state index < -0.39 is 0 Å². The van der Waals surface area contributed by atoms with Crippen molar-refractivity contribution in [1.29, 1.82) is 0 Å². The van der Waals surface area contributed by atoms with E-state index in [-0.39, 0.29) is 5.91 Å². The monoisotopic (exact) mass is 468 g/mol. The topological polar surface area (TPSA) is 39.7 Å². The lowest BCUT2D eigenvalue weighted by molar-refractivity contribution is -0.132. The third kappa shape index (κ3) is 4.19. The van der Waals surface area contributed by atoms with Gasteiger partial charge in [-0.3, -0.25) is 9.69 Å². The first-order valence-corrected chi connectivity index (χ1v) is 12.9. The number of carbonyl (C=O) groups excluding carboxylic acids is 1. The van der Waals surface area contributed by atoms with Crippen LogP contribution in [-0.4, -0.2) is 66.5 Å². The second-order valence-corrected chi connectivity index (χ2v) is 10.0. The van der Waals surface area contributed by atoms with Gasteiger partial charge in [-0.05, 0) is 52.6 Å². The van der Waals surface area contributed by atoms with Crippen molar-refractivity contribution in [3.05, 3.63) is 77.7 Å². The molecule has 0 N–H and O–H groups in total. The van der Waals surface area contributed by atoms with Crippen LogP contribution in [0.4, 0.5) is 5.82 Å². The predicted molar refractivity (Wildman–Crippen MR) is 141 cm³/mol. The number of piperazine rings is 1. The average Bonchev–Trinajstić information content (AvgIpc) is 3.38. The minimum atomic E-state index is 0.238. The van der Waals surface area contributed by atoms with Crippen molar-refractivity contribution in [3.63, 3.8) is 0 Å². The summed E-state index contributed by atoms with van der Waals surface area (Å²) >= 11 is 1.80. The van der Waals surface area contributed by atoms with E-state index in [4.69, 9.17) is 4.98 Å². The van der Waals surface area contributed by atoms with Gasteiger partial charge in [0.2, 0.25) is 5.91 Å². The number of aromatic nitrogens is 1. The van der Waals surface area contributed by atoms with Gasteiger partial charge in [0.1, 0.15) is 5.82 Å². The van der Waals surface area contributed by atoms with Crippen LogP contribution in [-0.2, 0) is 4.79 Å². The van der Waals surface area contributed by atoms with Gasteiger partial charge in [-0.2, -0.15) is 0 Å². The summed E-state index contributed by atoms with van der Waals surface area (Å²) in [6.45, 7) is 5.57. The molecule has 2 aromatic heterocycles. The molecule has 0 spiro atoms. The summed E-state index contributed by atoms with van der Waals surface area (Å²) in [4.78, 5) is 24.5. The van der Waals surface area contributed by atoms with Crippen LogP contribution in [0, 0.1) is 0 Å². The Morgan fingerprint density at radius 2 is 1.74 bits per heavy atom. The normalized spacial score (nSPS) is 17.4. The molecule has 6 heteroatoms. The maximum Gasteiger partial charge on any atom is 0.237 e. The molecule has 1 fully saturated rings.